The lowest BCUT2D eigenvalue weighted by molar-refractivity contribution is 0.628. The van der Waals surface area contributed by atoms with Gasteiger partial charge in [0.1, 0.15) is 11.6 Å². The molecule has 0 fully saturated rings. The first-order chi connectivity index (χ1) is 10.7. The molecule has 0 saturated heterocycles. The van der Waals surface area contributed by atoms with Crippen molar-refractivity contribution in [1.29, 1.82) is 0 Å². The van der Waals surface area contributed by atoms with E-state index < -0.39 is 0 Å². The third kappa shape index (κ3) is 2.08. The molecule has 0 unspecified atom stereocenters. The van der Waals surface area contributed by atoms with Crippen LogP contribution in [0, 0.1) is 12.7 Å². The molecule has 1 aliphatic rings. The Kier molecular flexibility index (Phi) is 2.96. The maximum absolute atomic E-state index is 13.5. The fourth-order valence-electron chi connectivity index (χ4n) is 2.92. The molecule has 4 rings (SSSR count). The van der Waals surface area contributed by atoms with Gasteiger partial charge >= 0.3 is 0 Å². The summed E-state index contributed by atoms with van der Waals surface area (Å²) in [6.07, 6.45) is 0.910. The van der Waals surface area contributed by atoms with Crippen molar-refractivity contribution in [1.82, 2.24) is 9.78 Å². The van der Waals surface area contributed by atoms with Crippen LogP contribution in [0.3, 0.4) is 0 Å². The molecule has 2 aromatic carbocycles. The summed E-state index contributed by atoms with van der Waals surface area (Å²) in [4.78, 5) is 0. The highest BCUT2D eigenvalue weighted by atomic mass is 19.1. The van der Waals surface area contributed by atoms with Crippen molar-refractivity contribution in [3.05, 3.63) is 65.5 Å². The van der Waals surface area contributed by atoms with Crippen molar-refractivity contribution < 1.29 is 4.39 Å². The third-order valence-corrected chi connectivity index (χ3v) is 4.03. The fourth-order valence-corrected chi connectivity index (χ4v) is 2.92. The largest absolute Gasteiger partial charge is 0.369 e. The zero-order chi connectivity index (χ0) is 15.1. The molecule has 0 amide bonds. The van der Waals surface area contributed by atoms with Crippen molar-refractivity contribution >= 4 is 5.82 Å². The van der Waals surface area contributed by atoms with E-state index in [1.165, 1.54) is 11.6 Å². The number of anilines is 1. The van der Waals surface area contributed by atoms with Crippen LogP contribution in [0.1, 0.15) is 11.1 Å². The molecule has 1 aliphatic heterocycles. The number of nitrogens with one attached hydrogen (secondary N) is 1. The summed E-state index contributed by atoms with van der Waals surface area (Å²) in [5, 5.41) is 8.12. The molecule has 0 spiro atoms. The maximum Gasteiger partial charge on any atom is 0.133 e. The normalized spacial score (nSPS) is 13.0. The summed E-state index contributed by atoms with van der Waals surface area (Å²) in [6.45, 7) is 2.95. The van der Waals surface area contributed by atoms with E-state index in [-0.39, 0.29) is 5.82 Å². The van der Waals surface area contributed by atoms with Gasteiger partial charge in [-0.05, 0) is 37.6 Å². The van der Waals surface area contributed by atoms with Crippen LogP contribution < -0.4 is 5.32 Å². The Morgan fingerprint density at radius 2 is 1.95 bits per heavy atom. The molecule has 0 saturated carbocycles. The van der Waals surface area contributed by atoms with Gasteiger partial charge in [0, 0.05) is 17.7 Å². The van der Waals surface area contributed by atoms with E-state index in [1.54, 1.807) is 12.1 Å². The van der Waals surface area contributed by atoms with Gasteiger partial charge < -0.3 is 5.32 Å². The Morgan fingerprint density at radius 3 is 2.73 bits per heavy atom. The van der Waals surface area contributed by atoms with Crippen molar-refractivity contribution in [2.24, 2.45) is 0 Å². The fraction of sp³-hybridized carbons (Fsp3) is 0.167. The molecule has 4 heteroatoms. The molecule has 1 aromatic heterocycles. The van der Waals surface area contributed by atoms with E-state index in [2.05, 4.69) is 36.5 Å². The van der Waals surface area contributed by atoms with Gasteiger partial charge in [-0.3, -0.25) is 0 Å². The standard InChI is InChI=1S/C18H16FN3/c1-12-5-7-15(8-6-12)22-18-16(9-10-20-18)17(21-22)13-3-2-4-14(19)11-13/h2-8,11,20H,9-10H2,1H3. The topological polar surface area (TPSA) is 29.9 Å². The van der Waals surface area contributed by atoms with E-state index in [0.717, 1.165) is 41.3 Å². The second-order valence-electron chi connectivity index (χ2n) is 5.61. The average molecular weight is 293 g/mol. The number of benzene rings is 2. The highest BCUT2D eigenvalue weighted by Crippen LogP contribution is 2.34. The number of hydrogen-bond donors (Lipinski definition) is 1. The van der Waals surface area contributed by atoms with Crippen molar-refractivity contribution in [2.45, 2.75) is 13.3 Å². The molecule has 0 radical (unpaired) electrons. The third-order valence-electron chi connectivity index (χ3n) is 4.03. The van der Waals surface area contributed by atoms with Crippen molar-refractivity contribution in [3.8, 4) is 16.9 Å². The van der Waals surface area contributed by atoms with Crippen LogP contribution >= 0.6 is 0 Å². The Balaban J connectivity index is 1.88. The van der Waals surface area contributed by atoms with Crippen LogP contribution in [-0.4, -0.2) is 16.3 Å². The minimum Gasteiger partial charge on any atom is -0.369 e. The molecule has 3 aromatic rings. The Labute approximate surface area is 128 Å². The van der Waals surface area contributed by atoms with Gasteiger partial charge in [0.2, 0.25) is 0 Å². The van der Waals surface area contributed by atoms with Crippen LogP contribution in [0.5, 0.6) is 0 Å². The molecule has 0 atom stereocenters. The molecule has 2 heterocycles. The predicted molar refractivity (Wildman–Crippen MR) is 85.9 cm³/mol. The second kappa shape index (κ2) is 4.98. The maximum atomic E-state index is 13.5. The lowest BCUT2D eigenvalue weighted by Gasteiger charge is -2.06. The van der Waals surface area contributed by atoms with Gasteiger partial charge in [0.25, 0.3) is 0 Å². The minimum absolute atomic E-state index is 0.234. The van der Waals surface area contributed by atoms with Gasteiger partial charge in [-0.15, -0.1) is 0 Å². The summed E-state index contributed by atoms with van der Waals surface area (Å²) in [5.41, 5.74) is 5.07. The van der Waals surface area contributed by atoms with Crippen molar-refractivity contribution in [3.63, 3.8) is 0 Å². The molecule has 110 valence electrons. The van der Waals surface area contributed by atoms with Gasteiger partial charge in [-0.1, -0.05) is 29.8 Å². The van der Waals surface area contributed by atoms with Crippen LogP contribution in [0.4, 0.5) is 10.2 Å². The number of fused-ring (bicyclic) bond motifs is 1. The van der Waals surface area contributed by atoms with Gasteiger partial charge in [0.05, 0.1) is 11.4 Å². The SMILES string of the molecule is Cc1ccc(-n2nc(-c3cccc(F)c3)c3c2NCC3)cc1. The molecule has 0 bridgehead atoms. The predicted octanol–water partition coefficient (Wildman–Crippen LogP) is 3.95. The first-order valence-corrected chi connectivity index (χ1v) is 7.41. The van der Waals surface area contributed by atoms with E-state index >= 15 is 0 Å². The summed E-state index contributed by atoms with van der Waals surface area (Å²) in [5.74, 6) is 0.783. The highest BCUT2D eigenvalue weighted by Gasteiger charge is 2.23. The van der Waals surface area contributed by atoms with E-state index in [4.69, 9.17) is 5.10 Å². The Hall–Kier alpha value is -2.62. The zero-order valence-electron chi connectivity index (χ0n) is 12.3. The smallest absolute Gasteiger partial charge is 0.133 e. The minimum atomic E-state index is -0.234. The second-order valence-corrected chi connectivity index (χ2v) is 5.61. The van der Waals surface area contributed by atoms with Crippen LogP contribution in [-0.2, 0) is 6.42 Å². The Bertz CT molecular complexity index is 834. The zero-order valence-corrected chi connectivity index (χ0v) is 12.3. The van der Waals surface area contributed by atoms with Gasteiger partial charge in [0.15, 0.2) is 0 Å². The Morgan fingerprint density at radius 1 is 1.14 bits per heavy atom. The number of hydrogen-bond acceptors (Lipinski definition) is 2. The summed E-state index contributed by atoms with van der Waals surface area (Å²) < 4.78 is 15.4. The number of rotatable bonds is 2. The van der Waals surface area contributed by atoms with E-state index in [9.17, 15) is 4.39 Å². The first kappa shape index (κ1) is 13.1. The van der Waals surface area contributed by atoms with E-state index in [0.29, 0.717) is 0 Å². The van der Waals surface area contributed by atoms with E-state index in [1.807, 2.05) is 10.7 Å². The molecule has 0 aliphatic carbocycles. The first-order valence-electron chi connectivity index (χ1n) is 7.41. The molecule has 3 nitrogen and oxygen atoms in total. The lowest BCUT2D eigenvalue weighted by atomic mass is 10.1. The van der Waals surface area contributed by atoms with Crippen LogP contribution in [0.2, 0.25) is 0 Å². The van der Waals surface area contributed by atoms with Crippen molar-refractivity contribution in [2.75, 3.05) is 11.9 Å². The van der Waals surface area contributed by atoms with Gasteiger partial charge in [-0.25, -0.2) is 9.07 Å². The number of nitrogens with zero attached hydrogens (tertiary/aromatic N) is 2. The highest BCUT2D eigenvalue weighted by molar-refractivity contribution is 5.72. The number of aryl methyl sites for hydroxylation is 1. The average Bonchev–Trinajstić information content (AvgIpc) is 3.10. The molecular formula is C18H16FN3. The quantitative estimate of drug-likeness (QED) is 0.775. The number of aromatic nitrogens is 2. The number of halogens is 1. The molecule has 22 heavy (non-hydrogen) atoms. The molecular weight excluding hydrogens is 277 g/mol. The monoisotopic (exact) mass is 293 g/mol. The van der Waals surface area contributed by atoms with Crippen LogP contribution in [0.15, 0.2) is 48.5 Å². The molecule has 1 N–H and O–H groups in total. The van der Waals surface area contributed by atoms with Gasteiger partial charge in [-0.2, -0.15) is 5.10 Å². The summed E-state index contributed by atoms with van der Waals surface area (Å²) in [7, 11) is 0. The lowest BCUT2D eigenvalue weighted by Crippen LogP contribution is -2.04. The summed E-state index contributed by atoms with van der Waals surface area (Å²) in [6, 6.07) is 14.9. The van der Waals surface area contributed by atoms with Crippen LogP contribution in [0.25, 0.3) is 16.9 Å². The summed E-state index contributed by atoms with van der Waals surface area (Å²) >= 11 is 0.